The van der Waals surface area contributed by atoms with E-state index in [0.29, 0.717) is 16.1 Å². The molecule has 114 valence electrons. The maximum atomic E-state index is 6.18. The molecular formula is C17H20Cl3N. The first-order valence-electron chi connectivity index (χ1n) is 6.87. The fraction of sp³-hybridized carbons (Fsp3) is 0.294. The summed E-state index contributed by atoms with van der Waals surface area (Å²) in [6.45, 7) is 2.94. The average Bonchev–Trinajstić information content (AvgIpc) is 2.48. The third kappa shape index (κ3) is 5.88. The molecule has 0 bridgehead atoms. The van der Waals surface area contributed by atoms with Crippen molar-refractivity contribution in [2.75, 3.05) is 0 Å². The summed E-state index contributed by atoms with van der Waals surface area (Å²) in [5, 5.41) is 4.76. The predicted molar refractivity (Wildman–Crippen MR) is 94.8 cm³/mol. The minimum atomic E-state index is 0. The SMILES string of the molecule is CC(CCc1ccccc1)NCc1cccc(Cl)c1Cl.Cl. The summed E-state index contributed by atoms with van der Waals surface area (Å²) >= 11 is 12.2. The van der Waals surface area contributed by atoms with Crippen molar-refractivity contribution in [3.05, 3.63) is 69.7 Å². The van der Waals surface area contributed by atoms with Gasteiger partial charge in [0.2, 0.25) is 0 Å². The van der Waals surface area contributed by atoms with Crippen LogP contribution in [0, 0.1) is 0 Å². The van der Waals surface area contributed by atoms with Crippen molar-refractivity contribution in [3.63, 3.8) is 0 Å². The molecule has 2 aromatic rings. The summed E-state index contributed by atoms with van der Waals surface area (Å²) < 4.78 is 0. The summed E-state index contributed by atoms with van der Waals surface area (Å²) in [4.78, 5) is 0. The third-order valence-electron chi connectivity index (χ3n) is 3.38. The van der Waals surface area contributed by atoms with Gasteiger partial charge in [-0.25, -0.2) is 0 Å². The van der Waals surface area contributed by atoms with Crippen LogP contribution in [0.2, 0.25) is 10.0 Å². The van der Waals surface area contributed by atoms with Crippen LogP contribution in [0.15, 0.2) is 48.5 Å². The van der Waals surface area contributed by atoms with Crippen molar-refractivity contribution < 1.29 is 0 Å². The fourth-order valence-electron chi connectivity index (χ4n) is 2.10. The second-order valence-electron chi connectivity index (χ2n) is 5.02. The molecule has 1 N–H and O–H groups in total. The molecule has 0 aliphatic heterocycles. The van der Waals surface area contributed by atoms with Gasteiger partial charge in [0.05, 0.1) is 10.0 Å². The zero-order valence-electron chi connectivity index (χ0n) is 12.0. The van der Waals surface area contributed by atoms with Gasteiger partial charge in [-0.15, -0.1) is 12.4 Å². The lowest BCUT2D eigenvalue weighted by Crippen LogP contribution is -2.26. The molecule has 1 atom stereocenters. The van der Waals surface area contributed by atoms with E-state index in [0.717, 1.165) is 24.9 Å². The Morgan fingerprint density at radius 3 is 2.43 bits per heavy atom. The van der Waals surface area contributed by atoms with Gasteiger partial charge in [0.15, 0.2) is 0 Å². The fourth-order valence-corrected chi connectivity index (χ4v) is 2.49. The van der Waals surface area contributed by atoms with E-state index in [9.17, 15) is 0 Å². The number of hydrogen-bond acceptors (Lipinski definition) is 1. The Bertz CT molecular complexity index is 543. The van der Waals surface area contributed by atoms with E-state index in [2.05, 4.69) is 36.5 Å². The van der Waals surface area contributed by atoms with Gasteiger partial charge in [0.25, 0.3) is 0 Å². The van der Waals surface area contributed by atoms with Gasteiger partial charge in [0.1, 0.15) is 0 Å². The van der Waals surface area contributed by atoms with Crippen molar-refractivity contribution in [2.45, 2.75) is 32.4 Å². The molecule has 2 rings (SSSR count). The Balaban J connectivity index is 0.00000220. The smallest absolute Gasteiger partial charge is 0.0637 e. The quantitative estimate of drug-likeness (QED) is 0.727. The van der Waals surface area contributed by atoms with Crippen LogP contribution in [0.1, 0.15) is 24.5 Å². The van der Waals surface area contributed by atoms with E-state index in [1.165, 1.54) is 5.56 Å². The maximum absolute atomic E-state index is 6.18. The first kappa shape index (κ1) is 18.3. The average molecular weight is 345 g/mol. The van der Waals surface area contributed by atoms with Crippen molar-refractivity contribution in [2.24, 2.45) is 0 Å². The highest BCUT2D eigenvalue weighted by molar-refractivity contribution is 6.42. The van der Waals surface area contributed by atoms with Gasteiger partial charge in [-0.2, -0.15) is 0 Å². The maximum Gasteiger partial charge on any atom is 0.0637 e. The Labute approximate surface area is 143 Å². The normalized spacial score (nSPS) is 11.8. The highest BCUT2D eigenvalue weighted by Crippen LogP contribution is 2.25. The monoisotopic (exact) mass is 343 g/mol. The molecule has 0 fully saturated rings. The number of aryl methyl sites for hydroxylation is 1. The Morgan fingerprint density at radius 2 is 1.71 bits per heavy atom. The Hall–Kier alpha value is -0.730. The second-order valence-corrected chi connectivity index (χ2v) is 5.80. The summed E-state index contributed by atoms with van der Waals surface area (Å²) in [7, 11) is 0. The van der Waals surface area contributed by atoms with Crippen LogP contribution in [0.3, 0.4) is 0 Å². The largest absolute Gasteiger partial charge is 0.310 e. The Kier molecular flexibility index (Phi) is 8.13. The van der Waals surface area contributed by atoms with E-state index in [1.54, 1.807) is 0 Å². The number of rotatable bonds is 6. The van der Waals surface area contributed by atoms with E-state index in [-0.39, 0.29) is 12.4 Å². The summed E-state index contributed by atoms with van der Waals surface area (Å²) in [6.07, 6.45) is 2.18. The molecule has 21 heavy (non-hydrogen) atoms. The lowest BCUT2D eigenvalue weighted by Gasteiger charge is -2.15. The van der Waals surface area contributed by atoms with Crippen molar-refractivity contribution >= 4 is 35.6 Å². The highest BCUT2D eigenvalue weighted by Gasteiger charge is 2.06. The standard InChI is InChI=1S/C17H19Cl2N.ClH/c1-13(10-11-14-6-3-2-4-7-14)20-12-15-8-5-9-16(18)17(15)19;/h2-9,13,20H,10-12H2,1H3;1H. The number of halogens is 3. The van der Waals surface area contributed by atoms with E-state index in [4.69, 9.17) is 23.2 Å². The third-order valence-corrected chi connectivity index (χ3v) is 4.24. The molecule has 0 amide bonds. The first-order chi connectivity index (χ1) is 9.66. The molecule has 0 saturated carbocycles. The zero-order chi connectivity index (χ0) is 14.4. The minimum absolute atomic E-state index is 0. The second kappa shape index (κ2) is 9.32. The minimum Gasteiger partial charge on any atom is -0.310 e. The number of benzene rings is 2. The molecule has 0 aliphatic rings. The van der Waals surface area contributed by atoms with Crippen LogP contribution in [-0.4, -0.2) is 6.04 Å². The van der Waals surface area contributed by atoms with Gasteiger partial charge in [-0.3, -0.25) is 0 Å². The van der Waals surface area contributed by atoms with E-state index >= 15 is 0 Å². The molecule has 2 aromatic carbocycles. The van der Waals surface area contributed by atoms with Gasteiger partial charge in [-0.1, -0.05) is 65.7 Å². The molecule has 0 radical (unpaired) electrons. The molecule has 0 saturated heterocycles. The molecule has 0 spiro atoms. The van der Waals surface area contributed by atoms with Gasteiger partial charge < -0.3 is 5.32 Å². The summed E-state index contributed by atoms with van der Waals surface area (Å²) in [5.41, 5.74) is 2.42. The highest BCUT2D eigenvalue weighted by atomic mass is 35.5. The van der Waals surface area contributed by atoms with Crippen LogP contribution in [0.25, 0.3) is 0 Å². The van der Waals surface area contributed by atoms with Crippen LogP contribution in [0.5, 0.6) is 0 Å². The number of hydrogen-bond donors (Lipinski definition) is 1. The first-order valence-corrected chi connectivity index (χ1v) is 7.62. The Morgan fingerprint density at radius 1 is 1.00 bits per heavy atom. The molecule has 1 nitrogen and oxygen atoms in total. The topological polar surface area (TPSA) is 12.0 Å². The van der Waals surface area contributed by atoms with Crippen molar-refractivity contribution in [1.82, 2.24) is 5.32 Å². The molecule has 4 heteroatoms. The molecular weight excluding hydrogens is 325 g/mol. The summed E-state index contributed by atoms with van der Waals surface area (Å²) in [6, 6.07) is 16.7. The van der Waals surface area contributed by atoms with Crippen LogP contribution in [0.4, 0.5) is 0 Å². The molecule has 0 heterocycles. The van der Waals surface area contributed by atoms with Gasteiger partial charge >= 0.3 is 0 Å². The van der Waals surface area contributed by atoms with Crippen molar-refractivity contribution in [3.8, 4) is 0 Å². The van der Waals surface area contributed by atoms with Gasteiger partial charge in [0, 0.05) is 12.6 Å². The van der Waals surface area contributed by atoms with Crippen molar-refractivity contribution in [1.29, 1.82) is 0 Å². The van der Waals surface area contributed by atoms with Crippen LogP contribution >= 0.6 is 35.6 Å². The lowest BCUT2D eigenvalue weighted by molar-refractivity contribution is 0.514. The zero-order valence-corrected chi connectivity index (χ0v) is 14.3. The van der Waals surface area contributed by atoms with Crippen LogP contribution < -0.4 is 5.32 Å². The molecule has 1 unspecified atom stereocenters. The van der Waals surface area contributed by atoms with E-state index < -0.39 is 0 Å². The van der Waals surface area contributed by atoms with Gasteiger partial charge in [-0.05, 0) is 37.0 Å². The van der Waals surface area contributed by atoms with E-state index in [1.807, 2.05) is 24.3 Å². The summed E-state index contributed by atoms with van der Waals surface area (Å²) in [5.74, 6) is 0. The predicted octanol–water partition coefficient (Wildman–Crippen LogP) is 5.53. The molecule has 0 aromatic heterocycles. The molecule has 0 aliphatic carbocycles. The van der Waals surface area contributed by atoms with Crippen LogP contribution in [-0.2, 0) is 13.0 Å². The lowest BCUT2D eigenvalue weighted by atomic mass is 10.1. The number of nitrogens with one attached hydrogen (secondary N) is 1.